The van der Waals surface area contributed by atoms with E-state index in [0.717, 1.165) is 0 Å². The van der Waals surface area contributed by atoms with Gasteiger partial charge in [-0.2, -0.15) is 4.21 Å². The van der Waals surface area contributed by atoms with Gasteiger partial charge in [0.1, 0.15) is 0 Å². The Morgan fingerprint density at radius 3 is 2.20 bits per heavy atom. The van der Waals surface area contributed by atoms with Crippen LogP contribution in [0.1, 0.15) is 0 Å². The van der Waals surface area contributed by atoms with E-state index in [-0.39, 0.29) is 0 Å². The lowest BCUT2D eigenvalue weighted by Crippen LogP contribution is -1.80. The molecule has 32 valence electrons. The molecule has 0 rings (SSSR count). The summed E-state index contributed by atoms with van der Waals surface area (Å²) in [7, 11) is 3.84. The van der Waals surface area contributed by atoms with Gasteiger partial charge in [-0.05, 0) is 0 Å². The maximum absolute atomic E-state index is 9.52. The lowest BCUT2D eigenvalue weighted by atomic mass is 11.8. The quantitative estimate of drug-likeness (QED) is 0.431. The van der Waals surface area contributed by atoms with Crippen molar-refractivity contribution in [2.75, 3.05) is 7.11 Å². The van der Waals surface area contributed by atoms with Gasteiger partial charge in [-0.15, -0.1) is 0 Å². The molecular weight excluding hydrogens is 112 g/mol. The van der Waals surface area contributed by atoms with E-state index >= 15 is 0 Å². The first-order chi connectivity index (χ1) is 2.27. The van der Waals surface area contributed by atoms with Crippen molar-refractivity contribution < 1.29 is 19.1 Å². The molecule has 0 heterocycles. The third-order valence-corrected chi connectivity index (χ3v) is 0.816. The fourth-order valence-corrected chi connectivity index (χ4v) is 0. The molecule has 0 fully saturated rings. The average molecular weight is 116 g/mol. The third kappa shape index (κ3) is 4.40. The van der Waals surface area contributed by atoms with Gasteiger partial charge >= 0.3 is 10.3 Å². The summed E-state index contributed by atoms with van der Waals surface area (Å²) in [6, 6.07) is 0. The number of hydrogen-bond donors (Lipinski definition) is 0. The molecule has 5 heavy (non-hydrogen) atoms. The summed E-state index contributed by atoms with van der Waals surface area (Å²) in [6.45, 7) is 0. The minimum atomic E-state index is -1.49. The van der Waals surface area contributed by atoms with Gasteiger partial charge in [-0.1, -0.05) is 0 Å². The summed E-state index contributed by atoms with van der Waals surface area (Å²) in [5.41, 5.74) is 0. The molecule has 0 aliphatic heterocycles. The maximum atomic E-state index is 9.52. The molecule has 2 nitrogen and oxygen atoms in total. The second kappa shape index (κ2) is 2.63. The zero-order valence-electron chi connectivity index (χ0n) is 2.63. The molecule has 0 saturated heterocycles. The molecule has 0 amide bonds. The average Bonchev–Trinajstić information content (AvgIpc) is 1.38. The normalized spacial score (nSPS) is 14.8. The second-order valence-corrected chi connectivity index (χ2v) is 1.93. The SMILES string of the molecule is COS(=O)[ClH+]. The van der Waals surface area contributed by atoms with E-state index in [0.29, 0.717) is 0 Å². The Morgan fingerprint density at radius 2 is 2.20 bits per heavy atom. The van der Waals surface area contributed by atoms with Crippen molar-refractivity contribution in [3.63, 3.8) is 0 Å². The molecule has 0 bridgehead atoms. The summed E-state index contributed by atoms with van der Waals surface area (Å²) in [6.07, 6.45) is 0. The van der Waals surface area contributed by atoms with E-state index in [1.807, 2.05) is 0 Å². The minimum absolute atomic E-state index is 1.29. The first kappa shape index (κ1) is 5.40. The minimum Gasteiger partial charge on any atom is -0.246 e. The smallest absolute Gasteiger partial charge is 0.246 e. The van der Waals surface area contributed by atoms with Crippen molar-refractivity contribution in [1.29, 1.82) is 0 Å². The molecule has 0 aromatic heterocycles. The van der Waals surface area contributed by atoms with Crippen LogP contribution in [-0.2, 0) is 14.5 Å². The number of hydrogen-bond acceptors (Lipinski definition) is 2. The molecule has 0 radical (unpaired) electrons. The molecule has 1 atom stereocenters. The molecular formula is CH4ClO2S+. The molecule has 0 aliphatic carbocycles. The highest BCUT2D eigenvalue weighted by Gasteiger charge is 1.91. The van der Waals surface area contributed by atoms with Gasteiger partial charge in [-0.25, -0.2) is 4.18 Å². The van der Waals surface area contributed by atoms with Gasteiger partial charge in [0.2, 0.25) is 0 Å². The highest BCUT2D eigenvalue weighted by atomic mass is 35.7. The molecule has 4 heteroatoms. The standard InChI is InChI=1S/CH4ClO2S/c1-4-5(2)3/h2H,1H3/q+1. The summed E-state index contributed by atoms with van der Waals surface area (Å²) < 4.78 is 13.6. The first-order valence-corrected chi connectivity index (χ1v) is 2.91. The van der Waals surface area contributed by atoms with Gasteiger partial charge in [-0.3, -0.25) is 0 Å². The van der Waals surface area contributed by atoms with E-state index in [1.165, 1.54) is 7.11 Å². The fraction of sp³-hybridized carbons (Fsp3) is 1.00. The van der Waals surface area contributed by atoms with Crippen LogP contribution in [0.5, 0.6) is 0 Å². The van der Waals surface area contributed by atoms with E-state index in [9.17, 15) is 4.21 Å². The zero-order chi connectivity index (χ0) is 4.28. The Balaban J connectivity index is 2.85. The van der Waals surface area contributed by atoms with Crippen molar-refractivity contribution in [3.8, 4) is 0 Å². The molecule has 0 aromatic rings. The third-order valence-electron chi connectivity index (χ3n) is 0.136. The van der Waals surface area contributed by atoms with Gasteiger partial charge in [0.15, 0.2) is 0 Å². The van der Waals surface area contributed by atoms with Crippen LogP contribution in [-0.4, -0.2) is 11.3 Å². The fourth-order valence-electron chi connectivity index (χ4n) is 0. The lowest BCUT2D eigenvalue weighted by Gasteiger charge is -1.64. The number of rotatable bonds is 1. The number of halogens is 1. The van der Waals surface area contributed by atoms with Crippen LogP contribution in [0.4, 0.5) is 0 Å². The van der Waals surface area contributed by atoms with E-state index in [1.54, 1.807) is 0 Å². The van der Waals surface area contributed by atoms with E-state index in [4.69, 9.17) is 0 Å². The van der Waals surface area contributed by atoms with Gasteiger partial charge in [0.05, 0.1) is 7.11 Å². The van der Waals surface area contributed by atoms with E-state index in [2.05, 4.69) is 14.9 Å². The van der Waals surface area contributed by atoms with Crippen molar-refractivity contribution in [1.82, 2.24) is 0 Å². The van der Waals surface area contributed by atoms with Gasteiger partial charge in [0.25, 0.3) is 10.7 Å². The summed E-state index contributed by atoms with van der Waals surface area (Å²) in [4.78, 5) is 0. The van der Waals surface area contributed by atoms with Gasteiger partial charge < -0.3 is 0 Å². The first-order valence-electron chi connectivity index (χ1n) is 0.908. The molecule has 0 aromatic carbocycles. The maximum Gasteiger partial charge on any atom is 0.449 e. The summed E-state index contributed by atoms with van der Waals surface area (Å²) in [5, 5.41) is 0. The zero-order valence-corrected chi connectivity index (χ0v) is 4.27. The molecule has 0 aliphatic rings. The Kier molecular flexibility index (Phi) is 2.84. The molecule has 0 spiro atoms. The summed E-state index contributed by atoms with van der Waals surface area (Å²) in [5.74, 6) is 0. The predicted molar refractivity (Wildman–Crippen MR) is 16.5 cm³/mol. The van der Waals surface area contributed by atoms with Crippen LogP contribution in [0.15, 0.2) is 0 Å². The molecule has 0 N–H and O–H groups in total. The van der Waals surface area contributed by atoms with Crippen LogP contribution in [0.3, 0.4) is 0 Å². The van der Waals surface area contributed by atoms with Crippen LogP contribution in [0, 0.1) is 10.7 Å². The van der Waals surface area contributed by atoms with Crippen LogP contribution in [0.2, 0.25) is 0 Å². The van der Waals surface area contributed by atoms with E-state index < -0.39 is 10.3 Å². The Labute approximate surface area is 37.2 Å². The molecule has 0 saturated carbocycles. The second-order valence-electron chi connectivity index (χ2n) is 0.371. The van der Waals surface area contributed by atoms with Crippen molar-refractivity contribution in [2.45, 2.75) is 0 Å². The topological polar surface area (TPSA) is 26.3 Å². The van der Waals surface area contributed by atoms with Crippen LogP contribution < -0.4 is 0 Å². The van der Waals surface area contributed by atoms with Crippen LogP contribution >= 0.6 is 0 Å². The monoisotopic (exact) mass is 115 g/mol. The Morgan fingerprint density at radius 1 is 2.00 bits per heavy atom. The van der Waals surface area contributed by atoms with Crippen LogP contribution in [0.25, 0.3) is 0 Å². The van der Waals surface area contributed by atoms with Crippen molar-refractivity contribution in [2.24, 2.45) is 0 Å². The Bertz CT molecular complexity index is 44.9. The predicted octanol–water partition coefficient (Wildman–Crippen LogP) is -0.507. The highest BCUT2D eigenvalue weighted by molar-refractivity contribution is 7.72. The highest BCUT2D eigenvalue weighted by Crippen LogP contribution is 1.67. The molecule has 1 unspecified atom stereocenters. The Hall–Kier alpha value is 0.400. The van der Waals surface area contributed by atoms with Crippen molar-refractivity contribution >= 4 is 10.3 Å². The van der Waals surface area contributed by atoms with Crippen molar-refractivity contribution in [3.05, 3.63) is 0 Å². The largest absolute Gasteiger partial charge is 0.449 e. The van der Waals surface area contributed by atoms with Gasteiger partial charge in [0, 0.05) is 0 Å². The summed E-state index contributed by atoms with van der Waals surface area (Å²) >= 11 is 0. The lowest BCUT2D eigenvalue weighted by molar-refractivity contribution is -0.169.